The van der Waals surface area contributed by atoms with Gasteiger partial charge in [0.15, 0.2) is 0 Å². The molecular formula is C14H18N2S. The first kappa shape index (κ1) is 12.3. The van der Waals surface area contributed by atoms with Crippen molar-refractivity contribution >= 4 is 11.3 Å². The van der Waals surface area contributed by atoms with Crippen LogP contribution in [0.2, 0.25) is 0 Å². The first-order valence-corrected chi connectivity index (χ1v) is 6.64. The maximum Gasteiger partial charge on any atom is 0.0510 e. The third-order valence-corrected chi connectivity index (χ3v) is 3.90. The fourth-order valence-corrected chi connectivity index (χ4v) is 2.78. The quantitative estimate of drug-likeness (QED) is 0.642. The molecule has 0 radical (unpaired) electrons. The predicted molar refractivity (Wildman–Crippen MR) is 74.0 cm³/mol. The molecule has 90 valence electrons. The molecule has 2 aromatic rings. The highest BCUT2D eigenvalue weighted by molar-refractivity contribution is 7.09. The van der Waals surface area contributed by atoms with Gasteiger partial charge in [0, 0.05) is 11.3 Å². The highest BCUT2D eigenvalue weighted by Gasteiger charge is 2.13. The molecule has 2 nitrogen and oxygen atoms in total. The van der Waals surface area contributed by atoms with Crippen molar-refractivity contribution < 1.29 is 0 Å². The topological polar surface area (TPSA) is 38.0 Å². The fourth-order valence-electron chi connectivity index (χ4n) is 2.02. The zero-order chi connectivity index (χ0) is 12.3. The second-order valence-corrected chi connectivity index (χ2v) is 5.40. The van der Waals surface area contributed by atoms with E-state index < -0.39 is 0 Å². The summed E-state index contributed by atoms with van der Waals surface area (Å²) in [5.74, 6) is 5.69. The van der Waals surface area contributed by atoms with E-state index in [1.807, 2.05) is 0 Å². The molecule has 0 fully saturated rings. The SMILES string of the molecule is Cc1ccc(C)c(C(Cc2cccs2)NN)c1. The molecule has 0 aliphatic heterocycles. The van der Waals surface area contributed by atoms with Gasteiger partial charge in [-0.25, -0.2) is 0 Å². The molecule has 0 amide bonds. The molecule has 17 heavy (non-hydrogen) atoms. The maximum absolute atomic E-state index is 5.69. The predicted octanol–water partition coefficient (Wildman–Crippen LogP) is 3.11. The molecule has 1 atom stereocenters. The Labute approximate surface area is 106 Å². The van der Waals surface area contributed by atoms with Crippen LogP contribution >= 0.6 is 11.3 Å². The van der Waals surface area contributed by atoms with Crippen LogP contribution in [0.15, 0.2) is 35.7 Å². The molecular weight excluding hydrogens is 228 g/mol. The monoisotopic (exact) mass is 246 g/mol. The van der Waals surface area contributed by atoms with Gasteiger partial charge in [-0.15, -0.1) is 11.3 Å². The number of hydrogen-bond donors (Lipinski definition) is 2. The standard InChI is InChI=1S/C14H18N2S/c1-10-5-6-11(2)13(8-10)14(16-15)9-12-4-3-7-17-12/h3-8,14,16H,9,15H2,1-2H3. The smallest absolute Gasteiger partial charge is 0.0510 e. The molecule has 1 unspecified atom stereocenters. The number of nitrogens with two attached hydrogens (primary N) is 1. The third-order valence-electron chi connectivity index (χ3n) is 3.00. The van der Waals surface area contributed by atoms with E-state index in [4.69, 9.17) is 5.84 Å². The van der Waals surface area contributed by atoms with E-state index in [1.165, 1.54) is 21.6 Å². The molecule has 0 spiro atoms. The molecule has 0 aliphatic rings. The Morgan fingerprint density at radius 2 is 2.12 bits per heavy atom. The van der Waals surface area contributed by atoms with Crippen molar-refractivity contribution in [3.8, 4) is 0 Å². The van der Waals surface area contributed by atoms with Gasteiger partial charge >= 0.3 is 0 Å². The van der Waals surface area contributed by atoms with Gasteiger partial charge in [-0.1, -0.05) is 29.8 Å². The van der Waals surface area contributed by atoms with Crippen molar-refractivity contribution in [2.24, 2.45) is 5.84 Å². The van der Waals surface area contributed by atoms with Crippen molar-refractivity contribution in [2.75, 3.05) is 0 Å². The second-order valence-electron chi connectivity index (χ2n) is 4.36. The highest BCUT2D eigenvalue weighted by Crippen LogP contribution is 2.24. The lowest BCUT2D eigenvalue weighted by molar-refractivity contribution is 0.552. The molecule has 0 saturated heterocycles. The summed E-state index contributed by atoms with van der Waals surface area (Å²) in [5.41, 5.74) is 6.79. The number of hydrazine groups is 1. The van der Waals surface area contributed by atoms with Crippen LogP contribution in [-0.2, 0) is 6.42 Å². The fraction of sp³-hybridized carbons (Fsp3) is 0.286. The number of aryl methyl sites for hydroxylation is 2. The Morgan fingerprint density at radius 3 is 2.76 bits per heavy atom. The summed E-state index contributed by atoms with van der Waals surface area (Å²) in [7, 11) is 0. The molecule has 0 bridgehead atoms. The minimum absolute atomic E-state index is 0.188. The largest absolute Gasteiger partial charge is 0.271 e. The average Bonchev–Trinajstić information content (AvgIpc) is 2.82. The summed E-state index contributed by atoms with van der Waals surface area (Å²) in [6, 6.07) is 10.9. The molecule has 1 aromatic heterocycles. The Morgan fingerprint density at radius 1 is 1.29 bits per heavy atom. The zero-order valence-electron chi connectivity index (χ0n) is 10.2. The summed E-state index contributed by atoms with van der Waals surface area (Å²) >= 11 is 1.78. The lowest BCUT2D eigenvalue weighted by Gasteiger charge is -2.18. The molecule has 2 rings (SSSR count). The summed E-state index contributed by atoms with van der Waals surface area (Å²) in [5, 5.41) is 2.10. The molecule has 1 heterocycles. The van der Waals surface area contributed by atoms with Crippen molar-refractivity contribution in [1.82, 2.24) is 5.43 Å². The van der Waals surface area contributed by atoms with Crippen molar-refractivity contribution in [2.45, 2.75) is 26.3 Å². The first-order valence-electron chi connectivity index (χ1n) is 5.76. The summed E-state index contributed by atoms with van der Waals surface area (Å²) in [4.78, 5) is 1.36. The van der Waals surface area contributed by atoms with Crippen LogP contribution in [0, 0.1) is 13.8 Å². The summed E-state index contributed by atoms with van der Waals surface area (Å²) in [6.45, 7) is 4.25. The van der Waals surface area contributed by atoms with Crippen LogP contribution in [0.3, 0.4) is 0 Å². The molecule has 0 saturated carbocycles. The second kappa shape index (κ2) is 5.45. The highest BCUT2D eigenvalue weighted by atomic mass is 32.1. The van der Waals surface area contributed by atoms with Gasteiger partial charge in [0.25, 0.3) is 0 Å². The van der Waals surface area contributed by atoms with Crippen molar-refractivity contribution in [3.63, 3.8) is 0 Å². The lowest BCUT2D eigenvalue weighted by Crippen LogP contribution is -2.30. The Bertz CT molecular complexity index is 477. The van der Waals surface area contributed by atoms with E-state index in [9.17, 15) is 0 Å². The number of nitrogens with one attached hydrogen (secondary N) is 1. The van der Waals surface area contributed by atoms with E-state index in [2.05, 4.69) is 55.0 Å². The lowest BCUT2D eigenvalue weighted by atomic mass is 9.97. The first-order chi connectivity index (χ1) is 8.20. The van der Waals surface area contributed by atoms with Crippen LogP contribution in [0.25, 0.3) is 0 Å². The number of rotatable bonds is 4. The molecule has 3 heteroatoms. The van der Waals surface area contributed by atoms with E-state index in [-0.39, 0.29) is 6.04 Å². The van der Waals surface area contributed by atoms with Gasteiger partial charge < -0.3 is 0 Å². The van der Waals surface area contributed by atoms with Crippen LogP contribution < -0.4 is 11.3 Å². The number of thiophene rings is 1. The normalized spacial score (nSPS) is 12.6. The van der Waals surface area contributed by atoms with E-state index in [1.54, 1.807) is 11.3 Å². The van der Waals surface area contributed by atoms with E-state index in [0.29, 0.717) is 0 Å². The Kier molecular flexibility index (Phi) is 3.94. The maximum atomic E-state index is 5.69. The molecule has 3 N–H and O–H groups in total. The van der Waals surface area contributed by atoms with Crippen LogP contribution in [0.1, 0.15) is 27.6 Å². The van der Waals surface area contributed by atoms with Crippen LogP contribution in [-0.4, -0.2) is 0 Å². The van der Waals surface area contributed by atoms with Gasteiger partial charge in [-0.05, 0) is 36.4 Å². The number of hydrogen-bond acceptors (Lipinski definition) is 3. The van der Waals surface area contributed by atoms with Gasteiger partial charge in [-0.3, -0.25) is 11.3 Å². The minimum atomic E-state index is 0.188. The molecule has 1 aromatic carbocycles. The van der Waals surface area contributed by atoms with Crippen molar-refractivity contribution in [1.29, 1.82) is 0 Å². The Hall–Kier alpha value is -1.16. The van der Waals surface area contributed by atoms with E-state index in [0.717, 1.165) is 6.42 Å². The van der Waals surface area contributed by atoms with Crippen LogP contribution in [0.4, 0.5) is 0 Å². The molecule has 0 aliphatic carbocycles. The van der Waals surface area contributed by atoms with Gasteiger partial charge in [-0.2, -0.15) is 0 Å². The zero-order valence-corrected chi connectivity index (χ0v) is 11.1. The summed E-state index contributed by atoms with van der Waals surface area (Å²) in [6.07, 6.45) is 0.943. The summed E-state index contributed by atoms with van der Waals surface area (Å²) < 4.78 is 0. The van der Waals surface area contributed by atoms with Crippen LogP contribution in [0.5, 0.6) is 0 Å². The van der Waals surface area contributed by atoms with Gasteiger partial charge in [0.05, 0.1) is 6.04 Å². The number of benzene rings is 1. The van der Waals surface area contributed by atoms with Gasteiger partial charge in [0.2, 0.25) is 0 Å². The van der Waals surface area contributed by atoms with Crippen molar-refractivity contribution in [3.05, 3.63) is 57.3 Å². The Balaban J connectivity index is 2.25. The van der Waals surface area contributed by atoms with E-state index >= 15 is 0 Å². The van der Waals surface area contributed by atoms with Gasteiger partial charge in [0.1, 0.15) is 0 Å². The average molecular weight is 246 g/mol. The third kappa shape index (κ3) is 2.94. The minimum Gasteiger partial charge on any atom is -0.271 e.